The molecule has 10 aliphatic rings. The van der Waals surface area contributed by atoms with E-state index in [4.69, 9.17) is 0 Å². The van der Waals surface area contributed by atoms with Crippen LogP contribution in [-0.4, -0.2) is 62.3 Å². The van der Waals surface area contributed by atoms with Gasteiger partial charge in [-0.25, -0.2) is 0 Å². The van der Waals surface area contributed by atoms with Crippen molar-refractivity contribution in [3.63, 3.8) is 0 Å². The highest BCUT2D eigenvalue weighted by Crippen LogP contribution is 2.82. The third-order valence-corrected chi connectivity index (χ3v) is 19.5. The smallest absolute Gasteiger partial charge is 0.159 e. The van der Waals surface area contributed by atoms with Crippen LogP contribution in [0.1, 0.15) is 117 Å². The third-order valence-electron chi connectivity index (χ3n) is 19.5. The monoisotopic (exact) mass is 734 g/mol. The first-order valence-corrected chi connectivity index (χ1v) is 21.6. The summed E-state index contributed by atoms with van der Waals surface area (Å²) >= 11 is 0. The predicted molar refractivity (Wildman–Crippen MR) is 207 cm³/mol. The summed E-state index contributed by atoms with van der Waals surface area (Å²) < 4.78 is 0. The van der Waals surface area contributed by atoms with E-state index in [1.165, 1.54) is 16.0 Å². The van der Waals surface area contributed by atoms with E-state index in [0.29, 0.717) is 19.3 Å². The molecule has 6 heteroatoms. The summed E-state index contributed by atoms with van der Waals surface area (Å²) in [5, 5.41) is 62.3. The van der Waals surface area contributed by atoms with Crippen molar-refractivity contribution in [2.75, 3.05) is 6.61 Å². The van der Waals surface area contributed by atoms with Gasteiger partial charge in [0.2, 0.25) is 0 Å². The van der Waals surface area contributed by atoms with Crippen LogP contribution < -0.4 is 10.4 Å². The molecule has 54 heavy (non-hydrogen) atoms. The molecule has 290 valence electrons. The molecule has 11 rings (SSSR count). The summed E-state index contributed by atoms with van der Waals surface area (Å²) in [4.78, 5) is 15.9. The highest BCUT2D eigenvalue weighted by atomic mass is 16.3. The first-order valence-electron chi connectivity index (χ1n) is 21.6. The van der Waals surface area contributed by atoms with Crippen molar-refractivity contribution in [2.45, 2.75) is 141 Å². The van der Waals surface area contributed by atoms with Crippen molar-refractivity contribution >= 4 is 17.9 Å². The molecule has 4 bridgehead atoms. The minimum Gasteiger partial charge on any atom is -0.394 e. The second kappa shape index (κ2) is 11.7. The van der Waals surface area contributed by atoms with Gasteiger partial charge < -0.3 is 25.5 Å². The number of benzene rings is 1. The fraction of sp³-hybridized carbons (Fsp3) is 0.729. The Balaban J connectivity index is 1.23. The van der Waals surface area contributed by atoms with Crippen molar-refractivity contribution in [1.82, 2.24) is 0 Å². The van der Waals surface area contributed by atoms with Crippen LogP contribution >= 0.6 is 0 Å². The van der Waals surface area contributed by atoms with Gasteiger partial charge >= 0.3 is 0 Å². The summed E-state index contributed by atoms with van der Waals surface area (Å²) in [6.07, 6.45) is 16.1. The zero-order chi connectivity index (χ0) is 37.7. The largest absolute Gasteiger partial charge is 0.394 e. The third kappa shape index (κ3) is 4.10. The van der Waals surface area contributed by atoms with E-state index in [9.17, 15) is 25.5 Å². The molecule has 0 unspecified atom stereocenters. The normalized spacial score (nSPS) is 51.3. The number of carbonyl (C=O) groups excluding carboxylic acids is 1. The van der Waals surface area contributed by atoms with Gasteiger partial charge in [-0.05, 0) is 144 Å². The van der Waals surface area contributed by atoms with Crippen molar-refractivity contribution in [1.29, 1.82) is 0 Å². The van der Waals surface area contributed by atoms with Gasteiger partial charge in [0.1, 0.15) is 6.10 Å². The Bertz CT molecular complexity index is 1980. The number of rotatable bonds is 2. The van der Waals surface area contributed by atoms with E-state index in [1.807, 2.05) is 6.92 Å². The lowest BCUT2D eigenvalue weighted by atomic mass is 9.29. The number of hydrogen-bond donors (Lipinski definition) is 5. The van der Waals surface area contributed by atoms with Gasteiger partial charge in [0.05, 0.1) is 24.9 Å². The molecule has 0 radical (unpaired) electrons. The minimum atomic E-state index is -1.11. The number of carbonyl (C=O) groups is 1. The number of allylic oxidation sites excluding steroid dienone is 2. The molecule has 6 nitrogen and oxygen atoms in total. The number of aliphatic hydroxyl groups excluding tert-OH is 5. The molecule has 0 aromatic heterocycles. The van der Waals surface area contributed by atoms with Crippen molar-refractivity contribution in [2.24, 2.45) is 67.5 Å². The SMILES string of the molecule is C[C@@]12CCC#C[C@H](O)[C@]3([C@H](C1)C1=CC(=O)[C@H]4[C@]56CC[C@H](O)[C@@](C)([C@H](O)CO)[C@H]5CC[C@@]4(CC[C@H]4C=c5ccccc5=C[C@H]46)[C@]1(C)C[C@@H]3O)C1(CCCC1)C2. The van der Waals surface area contributed by atoms with Crippen LogP contribution in [0.3, 0.4) is 0 Å². The lowest BCUT2D eigenvalue weighted by molar-refractivity contribution is -0.266. The van der Waals surface area contributed by atoms with E-state index in [-0.39, 0.29) is 46.2 Å². The maximum atomic E-state index is 15.9. The minimum absolute atomic E-state index is 0.00233. The molecule has 1 aromatic rings. The Hall–Kier alpha value is -2.27. The number of fused-ring (bicyclic) bond motifs is 6. The maximum absolute atomic E-state index is 15.9. The maximum Gasteiger partial charge on any atom is 0.159 e. The molecule has 0 saturated heterocycles. The van der Waals surface area contributed by atoms with Gasteiger partial charge in [0.15, 0.2) is 5.78 Å². The first-order chi connectivity index (χ1) is 25.8. The predicted octanol–water partition coefficient (Wildman–Crippen LogP) is 5.20. The van der Waals surface area contributed by atoms with Gasteiger partial charge in [0, 0.05) is 23.2 Å². The summed E-state index contributed by atoms with van der Waals surface area (Å²) in [5.74, 6) is 6.43. The molecule has 0 amide bonds. The van der Waals surface area contributed by atoms with E-state index < -0.39 is 58.1 Å². The number of aliphatic hydroxyl groups is 5. The average Bonchev–Trinajstić information content (AvgIpc) is 3.61. The van der Waals surface area contributed by atoms with Gasteiger partial charge in [-0.3, -0.25) is 4.79 Å². The van der Waals surface area contributed by atoms with Crippen LogP contribution in [0.15, 0.2) is 35.9 Å². The second-order valence-electron chi connectivity index (χ2n) is 21.0. The number of hydrogen-bond acceptors (Lipinski definition) is 6. The first kappa shape index (κ1) is 36.1. The Morgan fingerprint density at radius 2 is 1.59 bits per heavy atom. The second-order valence-corrected chi connectivity index (χ2v) is 21.0. The summed E-state index contributed by atoms with van der Waals surface area (Å²) in [5.41, 5.74) is -2.31. The van der Waals surface area contributed by atoms with Crippen LogP contribution in [0.2, 0.25) is 0 Å². The van der Waals surface area contributed by atoms with Crippen LogP contribution in [0, 0.1) is 79.3 Å². The standard InChI is InChI=1S/C48H62O6/c1-42-16-7-6-12-38(52)48(45(28-42)17-8-9-18-45)34(25-42)33-24-35(50)41-46(43(33,2)26-39(48)53)19-13-31-22-29-10-4-5-11-30(29)23-32(31)47(41)21-15-37(51)44(3,40(54)27-49)36(47)14-20-46/h4-5,10-11,22-24,31-32,34,36-41,49,51-54H,7-9,13-21,25-28H2,1-3H3/t31-,32+,34+,36+,37-,38-,39-,40+,41+,42+,43+,44-,46+,47-,48-/m0/s1. The van der Waals surface area contributed by atoms with Gasteiger partial charge in [-0.1, -0.05) is 81.5 Å². The molecular weight excluding hydrogens is 673 g/mol. The van der Waals surface area contributed by atoms with Gasteiger partial charge in [-0.15, -0.1) is 5.92 Å². The Labute approximate surface area is 321 Å². The summed E-state index contributed by atoms with van der Waals surface area (Å²) in [6.45, 7) is 6.39. The van der Waals surface area contributed by atoms with Gasteiger partial charge in [-0.2, -0.15) is 0 Å². The highest BCUT2D eigenvalue weighted by molar-refractivity contribution is 5.96. The van der Waals surface area contributed by atoms with E-state index in [2.05, 4.69) is 68.2 Å². The molecule has 6 fully saturated rings. The Morgan fingerprint density at radius 3 is 2.33 bits per heavy atom. The van der Waals surface area contributed by atoms with E-state index in [0.717, 1.165) is 77.0 Å². The fourth-order valence-electron chi connectivity index (χ4n) is 17.5. The van der Waals surface area contributed by atoms with Crippen LogP contribution in [0.4, 0.5) is 0 Å². The highest BCUT2D eigenvalue weighted by Gasteiger charge is 2.79. The number of ketones is 1. The topological polar surface area (TPSA) is 118 Å². The molecule has 5 N–H and O–H groups in total. The van der Waals surface area contributed by atoms with Crippen LogP contribution in [0.5, 0.6) is 0 Å². The van der Waals surface area contributed by atoms with Crippen molar-refractivity contribution in [3.05, 3.63) is 46.4 Å². The van der Waals surface area contributed by atoms with Crippen molar-refractivity contribution in [3.8, 4) is 11.8 Å². The van der Waals surface area contributed by atoms with Crippen molar-refractivity contribution < 1.29 is 30.3 Å². The van der Waals surface area contributed by atoms with E-state index in [1.54, 1.807) is 0 Å². The fourth-order valence-corrected chi connectivity index (χ4v) is 17.5. The lowest BCUT2D eigenvalue weighted by Gasteiger charge is -2.75. The molecule has 0 aliphatic heterocycles. The van der Waals surface area contributed by atoms with E-state index >= 15 is 4.79 Å². The Kier molecular flexibility index (Phi) is 7.79. The average molecular weight is 735 g/mol. The molecular formula is C48H62O6. The molecule has 15 atom stereocenters. The van der Waals surface area contributed by atoms with Crippen LogP contribution in [-0.2, 0) is 4.79 Å². The van der Waals surface area contributed by atoms with Crippen LogP contribution in [0.25, 0.3) is 12.2 Å². The summed E-state index contributed by atoms with van der Waals surface area (Å²) in [7, 11) is 0. The molecule has 0 heterocycles. The molecule has 1 aromatic carbocycles. The van der Waals surface area contributed by atoms with Gasteiger partial charge in [0.25, 0.3) is 0 Å². The molecule has 6 saturated carbocycles. The Morgan fingerprint density at radius 1 is 0.870 bits per heavy atom. The molecule has 10 aliphatic carbocycles. The quantitative estimate of drug-likeness (QED) is 0.267. The summed E-state index contributed by atoms with van der Waals surface area (Å²) in [6, 6.07) is 8.58. The zero-order valence-corrected chi connectivity index (χ0v) is 32.7. The zero-order valence-electron chi connectivity index (χ0n) is 32.7. The lowest BCUT2D eigenvalue weighted by Crippen LogP contribution is -2.74. The molecule has 3 spiro atoms.